The van der Waals surface area contributed by atoms with Crippen LogP contribution in [0.1, 0.15) is 5.56 Å². The van der Waals surface area contributed by atoms with Crippen molar-refractivity contribution < 1.29 is 0 Å². The van der Waals surface area contributed by atoms with Gasteiger partial charge in [-0.1, -0.05) is 23.2 Å². The van der Waals surface area contributed by atoms with Gasteiger partial charge in [-0.05, 0) is 6.08 Å². The normalized spacial score (nSPS) is 8.80. The number of halogens is 2. The number of hydrogen-bond donors (Lipinski definition) is 1. The van der Waals surface area contributed by atoms with Gasteiger partial charge in [0, 0.05) is 0 Å². The van der Waals surface area contributed by atoms with Crippen LogP contribution >= 0.6 is 23.2 Å². The molecule has 74 valence electrons. The summed E-state index contributed by atoms with van der Waals surface area (Å²) >= 11 is 11.4. The van der Waals surface area contributed by atoms with Gasteiger partial charge < -0.3 is 5.73 Å². The fraction of sp³-hybridized carbons (Fsp3) is 0. The van der Waals surface area contributed by atoms with Crippen LogP contribution in [0.2, 0.25) is 10.3 Å². The monoisotopic (exact) mass is 239 g/mol. The molecule has 1 heterocycles. The number of anilines is 1. The Hall–Kier alpha value is -1.82. The topological polar surface area (TPSA) is 99.4 Å². The van der Waals surface area contributed by atoms with Crippen LogP contribution in [0.5, 0.6) is 0 Å². The number of aromatic nitrogens is 2. The zero-order valence-electron chi connectivity index (χ0n) is 7.20. The van der Waals surface area contributed by atoms with Crippen molar-refractivity contribution in [1.82, 2.24) is 9.97 Å². The lowest BCUT2D eigenvalue weighted by molar-refractivity contribution is 1.18. The molecule has 0 unspecified atom stereocenters. The van der Waals surface area contributed by atoms with E-state index in [1.54, 1.807) is 12.1 Å². The van der Waals surface area contributed by atoms with Crippen molar-refractivity contribution in [2.45, 2.75) is 0 Å². The molecule has 1 aromatic rings. The Labute approximate surface area is 95.4 Å². The Morgan fingerprint density at radius 3 is 2.07 bits per heavy atom. The smallest absolute Gasteiger partial charge is 0.222 e. The molecule has 5 nitrogen and oxygen atoms in total. The van der Waals surface area contributed by atoms with E-state index in [2.05, 4.69) is 9.97 Å². The van der Waals surface area contributed by atoms with Gasteiger partial charge in [-0.3, -0.25) is 0 Å². The average Bonchev–Trinajstić information content (AvgIpc) is 2.17. The molecule has 1 rings (SSSR count). The van der Waals surface area contributed by atoms with Gasteiger partial charge in [0.15, 0.2) is 0 Å². The largest absolute Gasteiger partial charge is 0.368 e. The second-order valence-electron chi connectivity index (χ2n) is 2.36. The van der Waals surface area contributed by atoms with Gasteiger partial charge in [-0.15, -0.1) is 0 Å². The standard InChI is InChI=1S/C8H3Cl2N5/c9-6-5(1-4(2-11)3-12)7(10)15-8(13)14-6/h1H,(H2,13,14,15). The van der Waals surface area contributed by atoms with Gasteiger partial charge in [0.1, 0.15) is 28.0 Å². The first-order valence-electron chi connectivity index (χ1n) is 3.59. The lowest BCUT2D eigenvalue weighted by Gasteiger charge is -2.00. The molecule has 0 saturated heterocycles. The summed E-state index contributed by atoms with van der Waals surface area (Å²) in [5.74, 6) is -0.0717. The summed E-state index contributed by atoms with van der Waals surface area (Å²) < 4.78 is 0. The third-order valence-electron chi connectivity index (χ3n) is 1.40. The molecule has 15 heavy (non-hydrogen) atoms. The maximum Gasteiger partial charge on any atom is 0.222 e. The maximum atomic E-state index is 8.53. The number of nitrogens with zero attached hydrogens (tertiary/aromatic N) is 4. The number of nitrogen functional groups attached to an aromatic ring is 1. The van der Waals surface area contributed by atoms with Crippen LogP contribution in [0.15, 0.2) is 5.57 Å². The molecule has 0 aromatic carbocycles. The van der Waals surface area contributed by atoms with E-state index < -0.39 is 0 Å². The molecule has 0 fully saturated rings. The summed E-state index contributed by atoms with van der Waals surface area (Å²) in [4.78, 5) is 7.28. The third kappa shape index (κ3) is 2.57. The zero-order chi connectivity index (χ0) is 11.4. The summed E-state index contributed by atoms with van der Waals surface area (Å²) in [5, 5.41) is 17.1. The molecule has 0 aliphatic heterocycles. The molecule has 0 aliphatic rings. The van der Waals surface area contributed by atoms with Crippen molar-refractivity contribution in [2.75, 3.05) is 5.73 Å². The molecule has 0 saturated carbocycles. The molecule has 7 heteroatoms. The van der Waals surface area contributed by atoms with E-state index in [1.807, 2.05) is 0 Å². The third-order valence-corrected chi connectivity index (χ3v) is 1.98. The number of nitrogens with two attached hydrogens (primary N) is 1. The van der Waals surface area contributed by atoms with Crippen LogP contribution in [0.25, 0.3) is 6.08 Å². The summed E-state index contributed by atoms with van der Waals surface area (Å²) in [6.07, 6.45) is 1.20. The first-order chi connectivity index (χ1) is 7.08. The fourth-order valence-electron chi connectivity index (χ4n) is 0.785. The molecule has 0 spiro atoms. The van der Waals surface area contributed by atoms with Gasteiger partial charge >= 0.3 is 0 Å². The quantitative estimate of drug-likeness (QED) is 0.595. The van der Waals surface area contributed by atoms with E-state index in [1.165, 1.54) is 6.08 Å². The van der Waals surface area contributed by atoms with Crippen molar-refractivity contribution >= 4 is 35.2 Å². The van der Waals surface area contributed by atoms with Crippen molar-refractivity contribution in [1.29, 1.82) is 10.5 Å². The highest BCUT2D eigenvalue weighted by Crippen LogP contribution is 2.24. The number of rotatable bonds is 1. The molecule has 0 atom stereocenters. The molecule has 1 aromatic heterocycles. The fourth-order valence-corrected chi connectivity index (χ4v) is 1.29. The molecular formula is C8H3Cl2N5. The molecular weight excluding hydrogens is 237 g/mol. The van der Waals surface area contributed by atoms with Gasteiger partial charge in [0.05, 0.1) is 5.56 Å². The lowest BCUT2D eigenvalue weighted by atomic mass is 10.2. The van der Waals surface area contributed by atoms with E-state index in [0.717, 1.165) is 0 Å². The van der Waals surface area contributed by atoms with Crippen molar-refractivity contribution in [3.63, 3.8) is 0 Å². The second kappa shape index (κ2) is 4.61. The number of allylic oxidation sites excluding steroid dienone is 1. The van der Waals surface area contributed by atoms with E-state index in [-0.39, 0.29) is 27.4 Å². The Balaban J connectivity index is 3.36. The lowest BCUT2D eigenvalue weighted by Crippen LogP contribution is -1.97. The highest BCUT2D eigenvalue weighted by Gasteiger charge is 2.09. The van der Waals surface area contributed by atoms with Crippen molar-refractivity contribution in [3.05, 3.63) is 21.4 Å². The van der Waals surface area contributed by atoms with Crippen LogP contribution in [0.3, 0.4) is 0 Å². The minimum Gasteiger partial charge on any atom is -0.368 e. The van der Waals surface area contributed by atoms with E-state index in [4.69, 9.17) is 39.5 Å². The molecule has 2 N–H and O–H groups in total. The molecule has 0 amide bonds. The van der Waals surface area contributed by atoms with Gasteiger partial charge in [0.25, 0.3) is 0 Å². The summed E-state index contributed by atoms with van der Waals surface area (Å²) in [7, 11) is 0. The highest BCUT2D eigenvalue weighted by atomic mass is 35.5. The van der Waals surface area contributed by atoms with Crippen LogP contribution in [-0.4, -0.2) is 9.97 Å². The highest BCUT2D eigenvalue weighted by molar-refractivity contribution is 6.35. The summed E-state index contributed by atoms with van der Waals surface area (Å²) in [6, 6.07) is 3.33. The van der Waals surface area contributed by atoms with Gasteiger partial charge in [-0.2, -0.15) is 10.5 Å². The minimum atomic E-state index is -0.146. The van der Waals surface area contributed by atoms with Crippen LogP contribution in [-0.2, 0) is 0 Å². The van der Waals surface area contributed by atoms with E-state index in [9.17, 15) is 0 Å². The number of nitriles is 2. The Kier molecular flexibility index (Phi) is 3.46. The first-order valence-corrected chi connectivity index (χ1v) is 4.34. The van der Waals surface area contributed by atoms with E-state index >= 15 is 0 Å². The Morgan fingerprint density at radius 1 is 1.20 bits per heavy atom. The van der Waals surface area contributed by atoms with Crippen LogP contribution in [0, 0.1) is 22.7 Å². The molecule has 0 bridgehead atoms. The maximum absolute atomic E-state index is 8.53. The summed E-state index contributed by atoms with van der Waals surface area (Å²) in [5.41, 5.74) is 5.34. The van der Waals surface area contributed by atoms with E-state index in [0.29, 0.717) is 0 Å². The number of hydrogen-bond acceptors (Lipinski definition) is 5. The predicted molar refractivity (Wildman–Crippen MR) is 55.7 cm³/mol. The Bertz CT molecular complexity index is 470. The van der Waals surface area contributed by atoms with Gasteiger partial charge in [-0.25, -0.2) is 9.97 Å². The predicted octanol–water partition coefficient (Wildman–Crippen LogP) is 1.80. The molecule has 0 radical (unpaired) electrons. The molecule has 0 aliphatic carbocycles. The minimum absolute atomic E-state index is 0.00417. The van der Waals surface area contributed by atoms with Crippen LogP contribution in [0.4, 0.5) is 5.95 Å². The van der Waals surface area contributed by atoms with Crippen molar-refractivity contribution in [3.8, 4) is 12.1 Å². The SMILES string of the molecule is N#CC(C#N)=Cc1c(Cl)nc(N)nc1Cl. The second-order valence-corrected chi connectivity index (χ2v) is 3.07. The average molecular weight is 240 g/mol. The van der Waals surface area contributed by atoms with Crippen molar-refractivity contribution in [2.24, 2.45) is 0 Å². The first kappa shape index (κ1) is 11.3. The summed E-state index contributed by atoms with van der Waals surface area (Å²) in [6.45, 7) is 0. The Morgan fingerprint density at radius 2 is 1.67 bits per heavy atom. The van der Waals surface area contributed by atoms with Gasteiger partial charge in [0.2, 0.25) is 5.95 Å². The van der Waals surface area contributed by atoms with Crippen LogP contribution < -0.4 is 5.73 Å². The zero-order valence-corrected chi connectivity index (χ0v) is 8.71.